The van der Waals surface area contributed by atoms with Crippen molar-refractivity contribution in [1.29, 1.82) is 0 Å². The topological polar surface area (TPSA) is 51.0 Å². The zero-order valence-electron chi connectivity index (χ0n) is 13.3. The second kappa shape index (κ2) is 8.04. The molecule has 0 spiro atoms. The summed E-state index contributed by atoms with van der Waals surface area (Å²) in [4.78, 5) is 3.12. The number of nitrogens with two attached hydrogens (primary N) is 1. The number of hydrogen-bond donors (Lipinski definition) is 2. The number of H-pyrrole nitrogens is 1. The van der Waals surface area contributed by atoms with Gasteiger partial charge in [-0.3, -0.25) is 0 Å². The van der Waals surface area contributed by atoms with Gasteiger partial charge in [0.2, 0.25) is 0 Å². The molecule has 0 radical (unpaired) electrons. The Hall–Kier alpha value is -1.97. The first-order valence-corrected chi connectivity index (χ1v) is 7.70. The van der Waals surface area contributed by atoms with Gasteiger partial charge in [0.25, 0.3) is 0 Å². The van der Waals surface area contributed by atoms with Crippen LogP contribution in [0.15, 0.2) is 54.7 Å². The number of halogens is 1. The number of para-hydroxylation sites is 1. The molecule has 3 N–H and O–H groups in total. The van der Waals surface area contributed by atoms with Crippen molar-refractivity contribution >= 4 is 23.3 Å². The van der Waals surface area contributed by atoms with E-state index in [1.807, 2.05) is 24.4 Å². The number of fused-ring (bicyclic) bond motifs is 2. The van der Waals surface area contributed by atoms with Gasteiger partial charge in [-0.1, -0.05) is 24.3 Å². The lowest BCUT2D eigenvalue weighted by molar-refractivity contribution is 0.413. The molecule has 4 rings (SSSR count). The third kappa shape index (κ3) is 4.27. The Morgan fingerprint density at radius 3 is 2.70 bits per heavy atom. The summed E-state index contributed by atoms with van der Waals surface area (Å²) in [6.45, 7) is 0. The molecular formula is C19H23ClN2O. The molecular weight excluding hydrogens is 308 g/mol. The number of benzene rings is 2. The predicted octanol–water partition coefficient (Wildman–Crippen LogP) is 4.10. The number of nitrogens with one attached hydrogen (secondary N) is 1. The average molecular weight is 331 g/mol. The van der Waals surface area contributed by atoms with Crippen LogP contribution in [0.3, 0.4) is 0 Å². The van der Waals surface area contributed by atoms with E-state index in [2.05, 4.69) is 35.3 Å². The van der Waals surface area contributed by atoms with Gasteiger partial charge < -0.3 is 15.5 Å². The van der Waals surface area contributed by atoms with Crippen LogP contribution in [0, 0.1) is 0 Å². The Morgan fingerprint density at radius 2 is 1.91 bits per heavy atom. The molecule has 1 aromatic heterocycles. The van der Waals surface area contributed by atoms with Crippen molar-refractivity contribution in [1.82, 2.24) is 4.98 Å². The molecule has 0 bridgehead atoms. The number of rotatable bonds is 1. The van der Waals surface area contributed by atoms with Crippen molar-refractivity contribution in [2.45, 2.75) is 25.3 Å². The molecule has 0 saturated heterocycles. The maximum absolute atomic E-state index is 5.89. The zero-order valence-corrected chi connectivity index (χ0v) is 14.1. The molecule has 1 aliphatic rings. The number of ether oxygens (including phenoxy) is 1. The fourth-order valence-electron chi connectivity index (χ4n) is 2.88. The molecule has 2 aromatic carbocycles. The highest BCUT2D eigenvalue weighted by Gasteiger charge is 2.15. The highest BCUT2D eigenvalue weighted by molar-refractivity contribution is 5.85. The minimum atomic E-state index is 0. The van der Waals surface area contributed by atoms with Crippen LogP contribution in [0.25, 0.3) is 10.9 Å². The molecule has 23 heavy (non-hydrogen) atoms. The number of aryl methyl sites for hydroxylation is 1. The van der Waals surface area contributed by atoms with E-state index in [4.69, 9.17) is 10.5 Å². The monoisotopic (exact) mass is 330 g/mol. The largest absolute Gasteiger partial charge is 0.497 e. The van der Waals surface area contributed by atoms with Crippen LogP contribution >= 0.6 is 12.4 Å². The van der Waals surface area contributed by atoms with Crippen LogP contribution in [-0.2, 0) is 12.8 Å². The molecule has 1 unspecified atom stereocenters. The second-order valence-corrected chi connectivity index (χ2v) is 5.70. The van der Waals surface area contributed by atoms with Crippen LogP contribution in [0.1, 0.15) is 17.5 Å². The minimum Gasteiger partial charge on any atom is -0.497 e. The molecule has 1 aliphatic carbocycles. The van der Waals surface area contributed by atoms with Gasteiger partial charge in [-0.25, -0.2) is 0 Å². The third-order valence-electron chi connectivity index (χ3n) is 4.14. The summed E-state index contributed by atoms with van der Waals surface area (Å²) in [5, 5.41) is 1.28. The first-order valence-electron chi connectivity index (χ1n) is 7.70. The fourth-order valence-corrected chi connectivity index (χ4v) is 2.88. The first kappa shape index (κ1) is 17.4. The molecule has 1 heterocycles. The third-order valence-corrected chi connectivity index (χ3v) is 4.14. The number of methoxy groups -OCH3 is 1. The van der Waals surface area contributed by atoms with Crippen molar-refractivity contribution in [3.8, 4) is 5.75 Å². The van der Waals surface area contributed by atoms with E-state index in [9.17, 15) is 0 Å². The van der Waals surface area contributed by atoms with Gasteiger partial charge in [0.1, 0.15) is 5.75 Å². The lowest BCUT2D eigenvalue weighted by Gasteiger charge is -2.21. The van der Waals surface area contributed by atoms with Gasteiger partial charge in [-0.15, -0.1) is 12.4 Å². The normalized spacial score (nSPS) is 15.8. The molecule has 0 fully saturated rings. The molecule has 0 amide bonds. The Kier molecular flexibility index (Phi) is 6.08. The molecule has 4 heteroatoms. The van der Waals surface area contributed by atoms with Crippen molar-refractivity contribution < 1.29 is 4.74 Å². The summed E-state index contributed by atoms with van der Waals surface area (Å²) >= 11 is 0. The van der Waals surface area contributed by atoms with Gasteiger partial charge >= 0.3 is 0 Å². The molecule has 0 saturated carbocycles. The summed E-state index contributed by atoms with van der Waals surface area (Å²) in [5.41, 5.74) is 9.89. The fraction of sp³-hybridized carbons (Fsp3) is 0.263. The van der Waals surface area contributed by atoms with E-state index < -0.39 is 0 Å². The zero-order chi connectivity index (χ0) is 15.4. The lowest BCUT2D eigenvalue weighted by Crippen LogP contribution is -2.27. The van der Waals surface area contributed by atoms with Crippen molar-refractivity contribution in [3.05, 3.63) is 65.9 Å². The predicted molar refractivity (Wildman–Crippen MR) is 98.5 cm³/mol. The number of hydrogen-bond acceptors (Lipinski definition) is 2. The van der Waals surface area contributed by atoms with Crippen LogP contribution in [0.5, 0.6) is 5.75 Å². The van der Waals surface area contributed by atoms with Crippen molar-refractivity contribution in [2.24, 2.45) is 5.73 Å². The van der Waals surface area contributed by atoms with Gasteiger partial charge in [0.15, 0.2) is 0 Å². The Bertz CT molecular complexity index is 724. The number of aromatic nitrogens is 1. The number of aromatic amines is 1. The quantitative estimate of drug-likeness (QED) is 0.705. The summed E-state index contributed by atoms with van der Waals surface area (Å²) in [5.74, 6) is 0.953. The molecule has 3 aromatic rings. The van der Waals surface area contributed by atoms with Crippen molar-refractivity contribution in [2.75, 3.05) is 7.11 Å². The Morgan fingerprint density at radius 1 is 1.09 bits per heavy atom. The van der Waals surface area contributed by atoms with Crippen LogP contribution in [-0.4, -0.2) is 18.1 Å². The Balaban J connectivity index is 0.000000169. The Labute approximate surface area is 143 Å². The standard InChI is InChI=1S/C11H15NO.C8H7N.ClH/c1-13-11-5-3-8-6-10(12)4-2-9(8)7-11;1-2-4-8-7(3-1)5-6-9-8;/h3,5,7,10H,2,4,6,12H2,1H3;1-6,9H;1H. The van der Waals surface area contributed by atoms with E-state index in [1.54, 1.807) is 7.11 Å². The highest BCUT2D eigenvalue weighted by Crippen LogP contribution is 2.24. The van der Waals surface area contributed by atoms with E-state index in [1.165, 1.54) is 22.0 Å². The van der Waals surface area contributed by atoms with Crippen LogP contribution in [0.4, 0.5) is 0 Å². The van der Waals surface area contributed by atoms with E-state index in [-0.39, 0.29) is 12.4 Å². The smallest absolute Gasteiger partial charge is 0.119 e. The summed E-state index contributed by atoms with van der Waals surface area (Å²) in [6, 6.07) is 16.9. The minimum absolute atomic E-state index is 0. The van der Waals surface area contributed by atoms with E-state index in [0.29, 0.717) is 6.04 Å². The maximum Gasteiger partial charge on any atom is 0.119 e. The summed E-state index contributed by atoms with van der Waals surface area (Å²) in [6.07, 6.45) is 5.15. The van der Waals surface area contributed by atoms with Gasteiger partial charge in [-0.05, 0) is 60.0 Å². The van der Waals surface area contributed by atoms with Gasteiger partial charge in [-0.2, -0.15) is 0 Å². The van der Waals surface area contributed by atoms with Crippen LogP contribution < -0.4 is 10.5 Å². The van der Waals surface area contributed by atoms with E-state index >= 15 is 0 Å². The first-order chi connectivity index (χ1) is 10.8. The molecule has 0 aliphatic heterocycles. The van der Waals surface area contributed by atoms with Gasteiger partial charge in [0.05, 0.1) is 7.11 Å². The van der Waals surface area contributed by atoms with Crippen molar-refractivity contribution in [3.63, 3.8) is 0 Å². The SMILES string of the molecule is COc1ccc2c(c1)CCC(N)C2.Cl.c1ccc2[nH]ccc2c1. The molecule has 122 valence electrons. The van der Waals surface area contributed by atoms with Crippen LogP contribution in [0.2, 0.25) is 0 Å². The van der Waals surface area contributed by atoms with E-state index in [0.717, 1.165) is 25.0 Å². The molecule has 3 nitrogen and oxygen atoms in total. The average Bonchev–Trinajstić information content (AvgIpc) is 3.03. The molecule has 1 atom stereocenters. The maximum atomic E-state index is 5.89. The summed E-state index contributed by atoms with van der Waals surface area (Å²) in [7, 11) is 1.70. The highest BCUT2D eigenvalue weighted by atomic mass is 35.5. The second-order valence-electron chi connectivity index (χ2n) is 5.70. The lowest BCUT2D eigenvalue weighted by atomic mass is 9.89. The summed E-state index contributed by atoms with van der Waals surface area (Å²) < 4.78 is 5.18. The van der Waals surface area contributed by atoms with Gasteiger partial charge in [0, 0.05) is 17.8 Å².